The van der Waals surface area contributed by atoms with Gasteiger partial charge in [-0.3, -0.25) is 0 Å². The zero-order chi connectivity index (χ0) is 42.6. The minimum atomic E-state index is -4.07. The van der Waals surface area contributed by atoms with Crippen molar-refractivity contribution in [3.8, 4) is 17.2 Å². The molecule has 0 saturated carbocycles. The molecule has 6 nitrogen and oxygen atoms in total. The molecule has 7 heteroatoms. The first-order valence-corrected chi connectivity index (χ1v) is 25.6. The second kappa shape index (κ2) is 35.5. The molecule has 0 spiro atoms. The highest BCUT2D eigenvalue weighted by atomic mass is 32.3. The molecule has 0 radical (unpaired) electrons. The van der Waals surface area contributed by atoms with Crippen LogP contribution in [0.25, 0.3) is 11.1 Å². The Hall–Kier alpha value is -2.24. The molecule has 0 N–H and O–H groups in total. The summed E-state index contributed by atoms with van der Waals surface area (Å²) in [4.78, 5) is 0. The number of rotatable bonds is 36. The Labute approximate surface area is 359 Å². The molecule has 2 aromatic carbocycles. The molecule has 1 unspecified atom stereocenters. The number of hydrogen-bond donors (Lipinski definition) is 0. The molecule has 0 aliphatic rings. The van der Waals surface area contributed by atoms with Gasteiger partial charge in [0.15, 0.2) is 0 Å². The summed E-state index contributed by atoms with van der Waals surface area (Å²) in [6, 6.07) is 17.2. The molecule has 58 heavy (non-hydrogen) atoms. The summed E-state index contributed by atoms with van der Waals surface area (Å²) in [7, 11) is -4.07. The van der Waals surface area contributed by atoms with Gasteiger partial charge in [-0.05, 0) is 67.3 Å². The summed E-state index contributed by atoms with van der Waals surface area (Å²) < 4.78 is 37.1. The van der Waals surface area contributed by atoms with E-state index in [0.717, 1.165) is 42.4 Å². The minimum absolute atomic E-state index is 0.164. The van der Waals surface area contributed by atoms with Crippen LogP contribution >= 0.6 is 0 Å². The van der Waals surface area contributed by atoms with Gasteiger partial charge in [-0.25, -0.2) is 8.37 Å². The Morgan fingerprint density at radius 1 is 0.500 bits per heavy atom. The van der Waals surface area contributed by atoms with Crippen LogP contribution < -0.4 is 0 Å². The second-order valence-corrected chi connectivity index (χ2v) is 18.1. The topological polar surface area (TPSA) is 76.4 Å². The first-order valence-electron chi connectivity index (χ1n) is 24.3. The quantitative estimate of drug-likeness (QED) is 0.0505. The van der Waals surface area contributed by atoms with Crippen LogP contribution in [0.3, 0.4) is 0 Å². The van der Waals surface area contributed by atoms with Gasteiger partial charge >= 0.3 is 10.4 Å². The van der Waals surface area contributed by atoms with Gasteiger partial charge in [0.05, 0.1) is 44.4 Å². The Morgan fingerprint density at radius 2 is 0.862 bits per heavy atom. The second-order valence-electron chi connectivity index (χ2n) is 16.9. The molecule has 0 heterocycles. The first-order chi connectivity index (χ1) is 28.2. The van der Waals surface area contributed by atoms with E-state index in [9.17, 15) is 8.42 Å². The third-order valence-electron chi connectivity index (χ3n) is 11.6. The Balaban J connectivity index is 0.000000830. The van der Waals surface area contributed by atoms with Crippen LogP contribution in [0.4, 0.5) is 0 Å². The highest BCUT2D eigenvalue weighted by Crippen LogP contribution is 2.29. The molecule has 2 aromatic rings. The zero-order valence-electron chi connectivity index (χ0n) is 38.6. The van der Waals surface area contributed by atoms with Gasteiger partial charge in [-0.15, -0.1) is 0 Å². The number of benzene rings is 2. The van der Waals surface area contributed by atoms with Crippen LogP contribution in [0.1, 0.15) is 226 Å². The molecule has 0 bridgehead atoms. The maximum atomic E-state index is 12.5. The third-order valence-corrected chi connectivity index (χ3v) is 12.5. The lowest BCUT2D eigenvalue weighted by molar-refractivity contribution is -0.929. The van der Waals surface area contributed by atoms with Crippen LogP contribution in [0.2, 0.25) is 0 Å². The summed E-state index contributed by atoms with van der Waals surface area (Å²) >= 11 is 0. The van der Waals surface area contributed by atoms with Gasteiger partial charge in [0, 0.05) is 0 Å². The van der Waals surface area contributed by atoms with Crippen molar-refractivity contribution < 1.29 is 21.3 Å². The lowest BCUT2D eigenvalue weighted by Gasteiger charge is -2.39. The monoisotopic (exact) mass is 826 g/mol. The van der Waals surface area contributed by atoms with E-state index in [2.05, 4.69) is 40.7 Å². The van der Waals surface area contributed by atoms with E-state index in [0.29, 0.717) is 12.0 Å². The van der Waals surface area contributed by atoms with E-state index >= 15 is 0 Å². The fourth-order valence-corrected chi connectivity index (χ4v) is 8.66. The maximum Gasteiger partial charge on any atom is 0.400 e. The van der Waals surface area contributed by atoms with E-state index < -0.39 is 16.5 Å². The number of unbranched alkanes of at least 4 members (excludes halogenated alkanes) is 19. The summed E-state index contributed by atoms with van der Waals surface area (Å²) in [6.45, 7) is 19.5. The lowest BCUT2D eigenvalue weighted by Crippen LogP contribution is -2.50. The molecular weight excluding hydrogens is 737 g/mol. The Kier molecular flexibility index (Phi) is 32.9. The maximum absolute atomic E-state index is 12.5. The van der Waals surface area contributed by atoms with Crippen molar-refractivity contribution in [2.45, 2.75) is 215 Å². The van der Waals surface area contributed by atoms with E-state index in [4.69, 9.17) is 13.6 Å². The summed E-state index contributed by atoms with van der Waals surface area (Å²) in [5, 5.41) is 8.99. The average Bonchev–Trinajstić information content (AvgIpc) is 3.24. The van der Waals surface area contributed by atoms with Gasteiger partial charge in [0.2, 0.25) is 0 Å². The van der Waals surface area contributed by atoms with Gasteiger partial charge in [0.1, 0.15) is 6.10 Å². The molecule has 2 rings (SSSR count). The van der Waals surface area contributed by atoms with Crippen molar-refractivity contribution in [3.05, 3.63) is 59.7 Å². The van der Waals surface area contributed by atoms with Gasteiger partial charge in [0.25, 0.3) is 0 Å². The summed E-state index contributed by atoms with van der Waals surface area (Å²) in [6.07, 6.45) is 32.3. The van der Waals surface area contributed by atoms with Gasteiger partial charge < -0.3 is 4.48 Å². The van der Waals surface area contributed by atoms with E-state index in [1.165, 1.54) is 165 Å². The van der Waals surface area contributed by atoms with E-state index in [-0.39, 0.29) is 6.61 Å². The van der Waals surface area contributed by atoms with Crippen LogP contribution in [-0.4, -0.2) is 45.7 Å². The average molecular weight is 826 g/mol. The molecule has 0 fully saturated rings. The van der Waals surface area contributed by atoms with Crippen molar-refractivity contribution in [1.82, 2.24) is 0 Å². The predicted molar refractivity (Wildman–Crippen MR) is 249 cm³/mol. The zero-order valence-corrected chi connectivity index (χ0v) is 39.4. The highest BCUT2D eigenvalue weighted by molar-refractivity contribution is 7.81. The molecule has 0 saturated heterocycles. The number of hydrogen-bond acceptors (Lipinski definition) is 5. The first kappa shape index (κ1) is 53.8. The molecule has 332 valence electrons. The molecule has 0 aliphatic heterocycles. The van der Waals surface area contributed by atoms with Crippen molar-refractivity contribution in [1.29, 1.82) is 5.26 Å². The van der Waals surface area contributed by atoms with Crippen LogP contribution in [0.5, 0.6) is 0 Å². The van der Waals surface area contributed by atoms with Crippen LogP contribution in [-0.2, 0) is 18.8 Å². The Bertz CT molecular complexity index is 1330. The van der Waals surface area contributed by atoms with Crippen LogP contribution in [0.15, 0.2) is 48.5 Å². The number of nitriles is 1. The lowest BCUT2D eigenvalue weighted by atomic mass is 9.99. The summed E-state index contributed by atoms with van der Waals surface area (Å²) in [5.74, 6) is 0. The fourth-order valence-electron chi connectivity index (χ4n) is 7.79. The highest BCUT2D eigenvalue weighted by Gasteiger charge is 2.25. The molecule has 1 atom stereocenters. The smallest absolute Gasteiger partial charge is 0.324 e. The predicted octanol–water partition coefficient (Wildman–Crippen LogP) is 15.6. The van der Waals surface area contributed by atoms with Crippen molar-refractivity contribution >= 4 is 10.4 Å². The van der Waals surface area contributed by atoms with Gasteiger partial charge in [-0.2, -0.15) is 13.7 Å². The standard InChI is InChI=1S/C35H53NO4S.C16H36N/c1-3-5-6-7-8-9-10-11-12-13-14-15-16-17-18-19-29-39-41(37,38)40-35(20-4-2)34-27-25-33(26-28-34)32-23-21-31(30-36)22-24-32;1-5-9-13-17(14-10-6-2,15-11-7-3)16-12-8-4/h21-28,35H,3-20,29H2,1-2H3;5-16H2,1-4H3/q;+1. The number of nitrogens with zero attached hydrogens (tertiary/aromatic N) is 2. The number of quaternary nitrogens is 1. The molecule has 0 amide bonds. The van der Waals surface area contributed by atoms with Crippen molar-refractivity contribution in [2.75, 3.05) is 32.8 Å². The summed E-state index contributed by atoms with van der Waals surface area (Å²) in [5.41, 5.74) is 3.42. The minimum Gasteiger partial charge on any atom is -0.324 e. The Morgan fingerprint density at radius 3 is 1.22 bits per heavy atom. The van der Waals surface area contributed by atoms with E-state index in [1.54, 1.807) is 12.1 Å². The molecular formula is C51H89N2O4S+. The van der Waals surface area contributed by atoms with Gasteiger partial charge in [-0.1, -0.05) is 206 Å². The molecule has 0 aliphatic carbocycles. The van der Waals surface area contributed by atoms with Crippen LogP contribution in [0, 0.1) is 11.3 Å². The van der Waals surface area contributed by atoms with Crippen molar-refractivity contribution in [3.63, 3.8) is 0 Å². The van der Waals surface area contributed by atoms with E-state index in [1.807, 2.05) is 43.3 Å². The molecule has 0 aromatic heterocycles. The largest absolute Gasteiger partial charge is 0.400 e. The normalized spacial score (nSPS) is 12.2. The SMILES string of the molecule is CCCCCCCCCCCCCCCCCCOS(=O)(=O)OC(CCC)c1ccc(-c2ccc(C#N)cc2)cc1.CCCC[N+](CCCC)(CCCC)CCCC. The fraction of sp³-hybridized carbons (Fsp3) is 0.745. The van der Waals surface area contributed by atoms with Crippen molar-refractivity contribution in [2.24, 2.45) is 0 Å². The third kappa shape index (κ3) is 26.1.